The van der Waals surface area contributed by atoms with E-state index in [-0.39, 0.29) is 18.0 Å². The van der Waals surface area contributed by atoms with Crippen LogP contribution >= 0.6 is 0 Å². The average molecular weight is 637 g/mol. The van der Waals surface area contributed by atoms with E-state index in [2.05, 4.69) is 59.8 Å². The number of aromatic nitrogens is 1. The number of hydrogen-bond donors (Lipinski definition) is 2. The molecule has 3 aliphatic heterocycles. The van der Waals surface area contributed by atoms with Gasteiger partial charge in [0, 0.05) is 44.5 Å². The van der Waals surface area contributed by atoms with E-state index in [0.717, 1.165) is 62.7 Å². The van der Waals surface area contributed by atoms with Gasteiger partial charge in [-0.2, -0.15) is 0 Å². The number of carbonyl (C=O) groups is 3. The number of fused-ring (bicyclic) bond motifs is 1. The smallest absolute Gasteiger partial charge is 0.333 e. The zero-order chi connectivity index (χ0) is 32.8. The number of urea groups is 2. The molecule has 9 heteroatoms. The van der Waals surface area contributed by atoms with Crippen LogP contribution in [0, 0.1) is 0 Å². The second-order valence-electron chi connectivity index (χ2n) is 13.1. The number of nitrogens with zero attached hydrogens (tertiary/aromatic N) is 4. The van der Waals surface area contributed by atoms with E-state index in [1.165, 1.54) is 21.6 Å². The van der Waals surface area contributed by atoms with Crippen molar-refractivity contribution in [1.29, 1.82) is 0 Å². The third-order valence-electron chi connectivity index (χ3n) is 10.3. The molecule has 0 bridgehead atoms. The Kier molecular flexibility index (Phi) is 10.5. The highest BCUT2D eigenvalue weighted by molar-refractivity contribution is 6.15. The highest BCUT2D eigenvalue weighted by Gasteiger charge is 2.38. The molecule has 1 atom stereocenters. The monoisotopic (exact) mass is 636 g/mol. The van der Waals surface area contributed by atoms with Gasteiger partial charge in [0.25, 0.3) is 0 Å². The summed E-state index contributed by atoms with van der Waals surface area (Å²) in [5.74, 6) is 0.269. The molecule has 0 unspecified atom stereocenters. The van der Waals surface area contributed by atoms with Crippen molar-refractivity contribution in [3.63, 3.8) is 0 Å². The van der Waals surface area contributed by atoms with Crippen molar-refractivity contribution in [2.45, 2.75) is 83.2 Å². The van der Waals surface area contributed by atoms with Crippen molar-refractivity contribution in [2.24, 2.45) is 0 Å². The highest BCUT2D eigenvalue weighted by atomic mass is 16.2. The molecule has 2 saturated heterocycles. The van der Waals surface area contributed by atoms with Crippen LogP contribution in [0.15, 0.2) is 67.0 Å². The number of piperidine rings is 2. The lowest BCUT2D eigenvalue weighted by molar-refractivity contribution is -0.134. The summed E-state index contributed by atoms with van der Waals surface area (Å²) in [5, 5.41) is 6.47. The molecule has 6 rings (SSSR count). The van der Waals surface area contributed by atoms with Gasteiger partial charge in [0.15, 0.2) is 0 Å². The molecular formula is C38H48N6O3. The molecule has 9 nitrogen and oxygen atoms in total. The van der Waals surface area contributed by atoms with Crippen molar-refractivity contribution in [3.8, 4) is 0 Å². The summed E-state index contributed by atoms with van der Waals surface area (Å²) in [6.45, 7) is 7.77. The molecule has 0 saturated carbocycles. The summed E-state index contributed by atoms with van der Waals surface area (Å²) in [6.07, 6.45) is 9.91. The lowest BCUT2D eigenvalue weighted by Crippen LogP contribution is -2.58. The van der Waals surface area contributed by atoms with Gasteiger partial charge in [-0.05, 0) is 110 Å². The van der Waals surface area contributed by atoms with Crippen molar-refractivity contribution >= 4 is 23.7 Å². The Bertz CT molecular complexity index is 1550. The lowest BCUT2D eigenvalue weighted by Gasteiger charge is -2.37. The normalized spacial score (nSPS) is 18.4. The second-order valence-corrected chi connectivity index (χ2v) is 13.1. The van der Waals surface area contributed by atoms with Gasteiger partial charge in [-0.3, -0.25) is 9.78 Å². The second kappa shape index (κ2) is 15.1. The van der Waals surface area contributed by atoms with Crippen molar-refractivity contribution < 1.29 is 14.4 Å². The van der Waals surface area contributed by atoms with Crippen LogP contribution in [0.25, 0.3) is 0 Å². The van der Waals surface area contributed by atoms with Crippen LogP contribution in [0.2, 0.25) is 0 Å². The minimum atomic E-state index is -0.812. The van der Waals surface area contributed by atoms with Crippen LogP contribution in [0.5, 0.6) is 0 Å². The maximum atomic E-state index is 14.4. The molecule has 0 aliphatic carbocycles. The molecule has 0 spiro atoms. The van der Waals surface area contributed by atoms with Crippen molar-refractivity contribution in [3.05, 3.63) is 94.8 Å². The van der Waals surface area contributed by atoms with E-state index in [1.54, 1.807) is 0 Å². The molecule has 2 aromatic carbocycles. The number of benzene rings is 2. The predicted molar refractivity (Wildman–Crippen MR) is 185 cm³/mol. The van der Waals surface area contributed by atoms with Crippen LogP contribution < -0.4 is 15.5 Å². The first-order chi connectivity index (χ1) is 23.0. The SMILES string of the molecule is CCc1ccc(C[C@@H](NC(=O)N2C(=O)N(C3CCNCC3)CCc3ccccc32)C(=O)N2CCC(c3ccncc3)CC2)cc1CC. The average Bonchev–Trinajstić information content (AvgIpc) is 3.27. The molecule has 3 aromatic rings. The largest absolute Gasteiger partial charge is 0.341 e. The minimum Gasteiger partial charge on any atom is -0.341 e. The number of hydrogen-bond acceptors (Lipinski definition) is 5. The summed E-state index contributed by atoms with van der Waals surface area (Å²) in [4.78, 5) is 52.2. The maximum absolute atomic E-state index is 14.4. The molecular weight excluding hydrogens is 588 g/mol. The van der Waals surface area contributed by atoms with Gasteiger partial charge in [0.05, 0.1) is 5.69 Å². The first-order valence-corrected chi connectivity index (χ1v) is 17.5. The number of likely N-dealkylation sites (tertiary alicyclic amines) is 1. The zero-order valence-electron chi connectivity index (χ0n) is 27.8. The fourth-order valence-corrected chi connectivity index (χ4v) is 7.58. The number of nitrogens with one attached hydrogen (secondary N) is 2. The zero-order valence-corrected chi connectivity index (χ0v) is 27.8. The number of carbonyl (C=O) groups excluding carboxylic acids is 3. The predicted octanol–water partition coefficient (Wildman–Crippen LogP) is 5.47. The van der Waals surface area contributed by atoms with E-state index >= 15 is 0 Å². The van der Waals surface area contributed by atoms with E-state index in [4.69, 9.17) is 0 Å². The maximum Gasteiger partial charge on any atom is 0.333 e. The number of amides is 5. The lowest BCUT2D eigenvalue weighted by atomic mass is 9.89. The van der Waals surface area contributed by atoms with E-state index in [1.807, 2.05) is 46.5 Å². The first kappa shape index (κ1) is 32.7. The summed E-state index contributed by atoms with van der Waals surface area (Å²) in [7, 11) is 0. The van der Waals surface area contributed by atoms with Gasteiger partial charge in [0.1, 0.15) is 6.04 Å². The number of rotatable bonds is 8. The molecule has 2 fully saturated rings. The van der Waals surface area contributed by atoms with Gasteiger partial charge in [0.2, 0.25) is 5.91 Å². The van der Waals surface area contributed by atoms with Gasteiger partial charge < -0.3 is 20.4 Å². The van der Waals surface area contributed by atoms with Crippen LogP contribution in [-0.4, -0.2) is 77.6 Å². The molecule has 4 heterocycles. The van der Waals surface area contributed by atoms with Gasteiger partial charge >= 0.3 is 12.1 Å². The van der Waals surface area contributed by atoms with Crippen LogP contribution in [0.4, 0.5) is 15.3 Å². The Morgan fingerprint density at radius 3 is 2.36 bits per heavy atom. The first-order valence-electron chi connectivity index (χ1n) is 17.5. The Balaban J connectivity index is 1.27. The number of para-hydroxylation sites is 1. The summed E-state index contributed by atoms with van der Waals surface area (Å²) < 4.78 is 0. The quantitative estimate of drug-likeness (QED) is 0.342. The summed E-state index contributed by atoms with van der Waals surface area (Å²) in [5.41, 5.74) is 6.36. The Morgan fingerprint density at radius 1 is 0.915 bits per heavy atom. The topological polar surface area (TPSA) is 97.9 Å². The van der Waals surface area contributed by atoms with E-state index in [0.29, 0.717) is 44.1 Å². The van der Waals surface area contributed by atoms with E-state index in [9.17, 15) is 14.4 Å². The molecule has 248 valence electrons. The molecule has 0 radical (unpaired) electrons. The number of imide groups is 1. The standard InChI is InChI=1S/C38H48N6O3/c1-3-28-10-9-27(25-29(28)4-2)26-34(36(45)42-22-15-31(16-23-42)30-11-18-39-19-12-30)41-37(46)44-35-8-6-5-7-32(35)17-24-43(38(44)47)33-13-20-40-21-14-33/h5-12,18-19,25,31,33-34,40H,3-4,13-17,20-24,26H2,1-2H3,(H,41,46)/t34-/m1/s1. The highest BCUT2D eigenvalue weighted by Crippen LogP contribution is 2.30. The molecule has 47 heavy (non-hydrogen) atoms. The third-order valence-corrected chi connectivity index (χ3v) is 10.3. The fraction of sp³-hybridized carbons (Fsp3) is 0.474. The number of anilines is 1. The van der Waals surface area contributed by atoms with E-state index < -0.39 is 12.1 Å². The van der Waals surface area contributed by atoms with Gasteiger partial charge in [-0.25, -0.2) is 14.5 Å². The molecule has 2 N–H and O–H groups in total. The van der Waals surface area contributed by atoms with Crippen LogP contribution in [0.1, 0.15) is 73.3 Å². The van der Waals surface area contributed by atoms with Crippen LogP contribution in [-0.2, 0) is 30.5 Å². The van der Waals surface area contributed by atoms with Crippen molar-refractivity contribution in [1.82, 2.24) is 25.4 Å². The number of aryl methyl sites for hydroxylation is 2. The molecule has 5 amide bonds. The Labute approximate surface area is 278 Å². The van der Waals surface area contributed by atoms with Crippen molar-refractivity contribution in [2.75, 3.05) is 37.6 Å². The van der Waals surface area contributed by atoms with Crippen LogP contribution in [0.3, 0.4) is 0 Å². The molecule has 3 aliphatic rings. The third kappa shape index (κ3) is 7.35. The Morgan fingerprint density at radius 2 is 1.64 bits per heavy atom. The van der Waals surface area contributed by atoms with Gasteiger partial charge in [-0.15, -0.1) is 0 Å². The Hall–Kier alpha value is -4.24. The number of pyridine rings is 1. The summed E-state index contributed by atoms with van der Waals surface area (Å²) in [6, 6.07) is 16.5. The minimum absolute atomic E-state index is 0.0667. The summed E-state index contributed by atoms with van der Waals surface area (Å²) >= 11 is 0. The van der Waals surface area contributed by atoms with Gasteiger partial charge in [-0.1, -0.05) is 50.2 Å². The fourth-order valence-electron chi connectivity index (χ4n) is 7.58. The molecule has 1 aromatic heterocycles.